The van der Waals surface area contributed by atoms with E-state index in [2.05, 4.69) is 41.0 Å². The highest BCUT2D eigenvalue weighted by atomic mass is 16.4. The molecular weight excluding hydrogens is 406 g/mol. The minimum atomic E-state index is -0.0511. The van der Waals surface area contributed by atoms with Crippen LogP contribution in [0.5, 0.6) is 0 Å². The van der Waals surface area contributed by atoms with Gasteiger partial charge in [-0.3, -0.25) is 4.68 Å². The predicted molar refractivity (Wildman–Crippen MR) is 117 cm³/mol. The Hall–Kier alpha value is -4.26. The number of pyridine rings is 1. The Morgan fingerprint density at radius 1 is 1.28 bits per heavy atom. The second kappa shape index (κ2) is 7.46. The Balaban J connectivity index is 1.27. The van der Waals surface area contributed by atoms with E-state index >= 15 is 0 Å². The fourth-order valence-corrected chi connectivity index (χ4v) is 4.48. The fourth-order valence-electron chi connectivity index (χ4n) is 4.48. The zero-order valence-electron chi connectivity index (χ0n) is 17.1. The molecule has 0 spiro atoms. The lowest BCUT2D eigenvalue weighted by Gasteiger charge is -2.22. The van der Waals surface area contributed by atoms with Crippen LogP contribution in [-0.4, -0.2) is 47.8 Å². The number of H-pyrrole nitrogens is 1. The van der Waals surface area contributed by atoms with Gasteiger partial charge in [0.25, 0.3) is 6.01 Å². The van der Waals surface area contributed by atoms with Crippen LogP contribution in [0.4, 0.5) is 6.01 Å². The first-order valence-corrected chi connectivity index (χ1v) is 10.5. The number of nitriles is 1. The quantitative estimate of drug-likeness (QED) is 0.454. The zero-order chi connectivity index (χ0) is 21.5. The van der Waals surface area contributed by atoms with E-state index in [-0.39, 0.29) is 12.0 Å². The van der Waals surface area contributed by atoms with Gasteiger partial charge < -0.3 is 14.3 Å². The molecule has 5 aromatic heterocycles. The number of hydrogen-bond acceptors (Lipinski definition) is 8. The smallest absolute Gasteiger partial charge is 0.299 e. The summed E-state index contributed by atoms with van der Waals surface area (Å²) in [5, 5.41) is 15.1. The molecule has 0 saturated carbocycles. The van der Waals surface area contributed by atoms with Gasteiger partial charge >= 0.3 is 0 Å². The van der Waals surface area contributed by atoms with Gasteiger partial charge in [-0.05, 0) is 24.6 Å². The van der Waals surface area contributed by atoms with Gasteiger partial charge in [0, 0.05) is 48.5 Å². The zero-order valence-corrected chi connectivity index (χ0v) is 17.1. The van der Waals surface area contributed by atoms with E-state index in [9.17, 15) is 5.26 Å². The lowest BCUT2D eigenvalue weighted by molar-refractivity contribution is 0.331. The Kier molecular flexibility index (Phi) is 4.31. The summed E-state index contributed by atoms with van der Waals surface area (Å²) in [5.41, 5.74) is 3.80. The lowest BCUT2D eigenvalue weighted by atomic mass is 9.96. The van der Waals surface area contributed by atoms with E-state index in [1.54, 1.807) is 18.7 Å². The summed E-state index contributed by atoms with van der Waals surface area (Å²) in [6, 6.07) is 8.52. The van der Waals surface area contributed by atoms with Crippen molar-refractivity contribution in [3.05, 3.63) is 49.3 Å². The van der Waals surface area contributed by atoms with Gasteiger partial charge in [-0.15, -0.1) is 0 Å². The van der Waals surface area contributed by atoms with Crippen molar-refractivity contribution in [1.29, 1.82) is 5.26 Å². The maximum Gasteiger partial charge on any atom is 0.299 e. The Morgan fingerprint density at radius 3 is 3.16 bits per heavy atom. The molecule has 158 valence electrons. The number of aromatic amines is 1. The van der Waals surface area contributed by atoms with Crippen molar-refractivity contribution in [2.75, 3.05) is 18.0 Å². The van der Waals surface area contributed by atoms with Crippen LogP contribution in [0, 0.1) is 17.2 Å². The molecule has 6 rings (SSSR count). The molecular formula is C22H19N9O. The first-order chi connectivity index (χ1) is 15.8. The van der Waals surface area contributed by atoms with Crippen molar-refractivity contribution >= 4 is 28.3 Å². The highest BCUT2D eigenvalue weighted by molar-refractivity contribution is 5.89. The molecule has 32 heavy (non-hydrogen) atoms. The molecule has 2 atom stereocenters. The molecule has 6 heterocycles. The molecule has 0 aromatic carbocycles. The van der Waals surface area contributed by atoms with Crippen LogP contribution in [-0.2, 0) is 0 Å². The average Bonchev–Trinajstić information content (AvgIpc) is 3.61. The van der Waals surface area contributed by atoms with Crippen LogP contribution in [0.15, 0.2) is 53.7 Å². The van der Waals surface area contributed by atoms with Gasteiger partial charge in [0.15, 0.2) is 5.58 Å². The molecule has 1 aliphatic rings. The first kappa shape index (κ1) is 18.5. The third kappa shape index (κ3) is 3.06. The molecule has 1 N–H and O–H groups in total. The molecule has 5 aromatic rings. The van der Waals surface area contributed by atoms with Crippen LogP contribution < -0.4 is 4.90 Å². The van der Waals surface area contributed by atoms with E-state index in [1.165, 1.54) is 0 Å². The van der Waals surface area contributed by atoms with Gasteiger partial charge in [0.1, 0.15) is 12.0 Å². The van der Waals surface area contributed by atoms with Gasteiger partial charge in [0.05, 0.1) is 30.4 Å². The summed E-state index contributed by atoms with van der Waals surface area (Å²) in [6.07, 6.45) is 10.2. The molecule has 0 aliphatic carbocycles. The predicted octanol–water partition coefficient (Wildman–Crippen LogP) is 3.34. The summed E-state index contributed by atoms with van der Waals surface area (Å²) in [4.78, 5) is 22.7. The summed E-state index contributed by atoms with van der Waals surface area (Å²) in [7, 11) is 0. The first-order valence-electron chi connectivity index (χ1n) is 10.5. The highest BCUT2D eigenvalue weighted by Gasteiger charge is 2.33. The Labute approximate surface area is 182 Å². The van der Waals surface area contributed by atoms with Crippen molar-refractivity contribution in [3.8, 4) is 17.3 Å². The molecule has 10 heteroatoms. The standard InChI is InChI=1S/C22H19N9O/c23-6-3-17(14-5-9-30(11-14)22-29-21-18(32-22)2-1-7-24-21)31-12-15(10-28-31)19-16-4-8-25-20(16)27-13-26-19/h1-2,4,7-8,10,12-14,17H,3,5,9,11H2,(H,25,26,27). The van der Waals surface area contributed by atoms with E-state index in [0.717, 1.165) is 41.8 Å². The molecule has 10 nitrogen and oxygen atoms in total. The number of nitrogens with zero attached hydrogens (tertiary/aromatic N) is 8. The third-order valence-corrected chi connectivity index (χ3v) is 6.06. The van der Waals surface area contributed by atoms with Crippen molar-refractivity contribution < 1.29 is 4.42 Å². The van der Waals surface area contributed by atoms with Crippen LogP contribution >= 0.6 is 0 Å². The molecule has 0 bridgehead atoms. The van der Waals surface area contributed by atoms with E-state index in [1.807, 2.05) is 35.3 Å². The summed E-state index contributed by atoms with van der Waals surface area (Å²) >= 11 is 0. The number of anilines is 1. The normalized spacial score (nSPS) is 17.2. The monoisotopic (exact) mass is 425 g/mol. The minimum Gasteiger partial charge on any atom is -0.422 e. The van der Waals surface area contributed by atoms with Crippen molar-refractivity contribution in [3.63, 3.8) is 0 Å². The second-order valence-corrected chi connectivity index (χ2v) is 7.92. The number of fused-ring (bicyclic) bond motifs is 2. The topological polar surface area (TPSA) is 125 Å². The van der Waals surface area contributed by atoms with Crippen LogP contribution in [0.1, 0.15) is 18.9 Å². The average molecular weight is 425 g/mol. The number of nitrogens with one attached hydrogen (secondary N) is 1. The van der Waals surface area contributed by atoms with Gasteiger partial charge in [-0.25, -0.2) is 15.0 Å². The SMILES string of the molecule is N#CCC(C1CCN(c2nc3ncccc3o2)C1)n1cc(-c2ncnc3[nH]ccc23)cn1. The van der Waals surface area contributed by atoms with Crippen LogP contribution in [0.2, 0.25) is 0 Å². The number of aromatic nitrogens is 7. The molecule has 1 saturated heterocycles. The van der Waals surface area contributed by atoms with E-state index in [0.29, 0.717) is 23.7 Å². The van der Waals surface area contributed by atoms with Crippen LogP contribution in [0.25, 0.3) is 33.5 Å². The lowest BCUT2D eigenvalue weighted by Crippen LogP contribution is -2.25. The van der Waals surface area contributed by atoms with E-state index < -0.39 is 0 Å². The second-order valence-electron chi connectivity index (χ2n) is 7.92. The largest absolute Gasteiger partial charge is 0.422 e. The van der Waals surface area contributed by atoms with E-state index in [4.69, 9.17) is 4.42 Å². The van der Waals surface area contributed by atoms with Gasteiger partial charge in [-0.2, -0.15) is 15.3 Å². The Bertz CT molecular complexity index is 1410. The van der Waals surface area contributed by atoms with Crippen molar-refractivity contribution in [1.82, 2.24) is 34.7 Å². The molecule has 1 aliphatic heterocycles. The number of hydrogen-bond donors (Lipinski definition) is 1. The fraction of sp³-hybridized carbons (Fsp3) is 0.273. The molecule has 1 fully saturated rings. The maximum atomic E-state index is 9.51. The molecule has 0 radical (unpaired) electrons. The Morgan fingerprint density at radius 2 is 2.25 bits per heavy atom. The molecule has 0 amide bonds. The summed E-state index contributed by atoms with van der Waals surface area (Å²) in [6.45, 7) is 1.55. The number of rotatable bonds is 5. The number of oxazole rings is 1. The molecule has 2 unspecified atom stereocenters. The maximum absolute atomic E-state index is 9.51. The third-order valence-electron chi connectivity index (χ3n) is 6.06. The minimum absolute atomic E-state index is 0.0511. The summed E-state index contributed by atoms with van der Waals surface area (Å²) in [5.74, 6) is 0.239. The van der Waals surface area contributed by atoms with Gasteiger partial charge in [-0.1, -0.05) is 0 Å². The van der Waals surface area contributed by atoms with Gasteiger partial charge in [0.2, 0.25) is 5.65 Å². The van der Waals surface area contributed by atoms with Crippen LogP contribution in [0.3, 0.4) is 0 Å². The van der Waals surface area contributed by atoms with Crippen molar-refractivity contribution in [2.45, 2.75) is 18.9 Å². The van der Waals surface area contributed by atoms with Crippen molar-refractivity contribution in [2.24, 2.45) is 5.92 Å². The summed E-state index contributed by atoms with van der Waals surface area (Å²) < 4.78 is 7.79. The highest BCUT2D eigenvalue weighted by Crippen LogP contribution is 2.34.